The van der Waals surface area contributed by atoms with Gasteiger partial charge in [0.1, 0.15) is 0 Å². The molecule has 0 spiro atoms. The molecule has 0 radical (unpaired) electrons. The van der Waals surface area contributed by atoms with Gasteiger partial charge in [0, 0.05) is 23.3 Å². The number of carbonyl (C=O) groups is 2. The van der Waals surface area contributed by atoms with Gasteiger partial charge in [0.05, 0.1) is 6.10 Å². The zero-order chi connectivity index (χ0) is 19.5. The molecule has 1 aromatic rings. The average Bonchev–Trinajstić information content (AvgIpc) is 2.54. The fraction of sp³-hybridized carbons (Fsp3) is 0.600. The second-order valence-corrected chi connectivity index (χ2v) is 6.93. The number of ether oxygens (including phenoxy) is 1. The molecule has 1 aromatic carbocycles. The average molecular weight is 351 g/mol. The van der Waals surface area contributed by atoms with Crippen molar-refractivity contribution in [2.24, 2.45) is 5.73 Å². The number of Topliss-reactive ketones (excluding diaryl/α,β-unsaturated/α-hetero) is 1. The van der Waals surface area contributed by atoms with Gasteiger partial charge in [-0.25, -0.2) is 0 Å². The van der Waals surface area contributed by atoms with E-state index < -0.39 is 0 Å². The van der Waals surface area contributed by atoms with Crippen molar-refractivity contribution in [1.82, 2.24) is 5.32 Å². The molecule has 3 N–H and O–H groups in total. The summed E-state index contributed by atoms with van der Waals surface area (Å²) in [4.78, 5) is 23.4. The minimum atomic E-state index is -0.342. The summed E-state index contributed by atoms with van der Waals surface area (Å²) in [6.45, 7) is 12.9. The minimum absolute atomic E-state index is 0.00637. The molecule has 0 heterocycles. The minimum Gasteiger partial charge on any atom is -0.379 e. The van der Waals surface area contributed by atoms with Gasteiger partial charge in [-0.2, -0.15) is 0 Å². The van der Waals surface area contributed by atoms with Gasteiger partial charge in [0.2, 0.25) is 0 Å². The summed E-state index contributed by atoms with van der Waals surface area (Å²) in [6, 6.07) is 6.69. The summed E-state index contributed by atoms with van der Waals surface area (Å²) in [5.74, 6) is -0.146. The molecule has 1 rings (SSSR count). The zero-order valence-electron chi connectivity index (χ0n) is 16.5. The van der Waals surface area contributed by atoms with E-state index >= 15 is 0 Å². The molecule has 0 aliphatic carbocycles. The van der Waals surface area contributed by atoms with E-state index in [0.717, 1.165) is 19.4 Å². The van der Waals surface area contributed by atoms with Crippen LogP contribution in [0.3, 0.4) is 0 Å². The number of nitrogens with one attached hydrogen (secondary N) is 1. The topological polar surface area (TPSA) is 81.4 Å². The van der Waals surface area contributed by atoms with Crippen molar-refractivity contribution in [3.63, 3.8) is 0 Å². The predicted molar refractivity (Wildman–Crippen MR) is 103 cm³/mol. The van der Waals surface area contributed by atoms with Crippen LogP contribution >= 0.6 is 0 Å². The van der Waals surface area contributed by atoms with Crippen LogP contribution in [0.4, 0.5) is 0 Å². The van der Waals surface area contributed by atoms with Gasteiger partial charge >= 0.3 is 0 Å². The molecule has 0 saturated carbocycles. The van der Waals surface area contributed by atoms with Crippen molar-refractivity contribution in [1.29, 1.82) is 0 Å². The Balaban J connectivity index is 0.00000129. The lowest BCUT2D eigenvalue weighted by Crippen LogP contribution is -2.44. The number of amides is 1. The Morgan fingerprint density at radius 2 is 1.64 bits per heavy atom. The van der Waals surface area contributed by atoms with E-state index in [9.17, 15) is 9.59 Å². The molecule has 25 heavy (non-hydrogen) atoms. The molecule has 1 amide bonds. The number of benzene rings is 1. The smallest absolute Gasteiger partial charge is 0.251 e. The van der Waals surface area contributed by atoms with Crippen LogP contribution in [-0.4, -0.2) is 36.5 Å². The van der Waals surface area contributed by atoms with E-state index in [-0.39, 0.29) is 23.3 Å². The van der Waals surface area contributed by atoms with E-state index in [1.54, 1.807) is 24.3 Å². The van der Waals surface area contributed by atoms with Crippen molar-refractivity contribution >= 4 is 11.7 Å². The van der Waals surface area contributed by atoms with Crippen LogP contribution in [-0.2, 0) is 4.74 Å². The number of rotatable bonds is 8. The van der Waals surface area contributed by atoms with Gasteiger partial charge in [-0.1, -0.05) is 19.1 Å². The molecular weight excluding hydrogens is 316 g/mol. The highest BCUT2D eigenvalue weighted by atomic mass is 16.5. The molecule has 0 aromatic heterocycles. The lowest BCUT2D eigenvalue weighted by atomic mass is 10.00. The third-order valence-electron chi connectivity index (χ3n) is 3.47. The molecule has 0 saturated heterocycles. The van der Waals surface area contributed by atoms with Gasteiger partial charge in [0.25, 0.3) is 5.91 Å². The third-order valence-corrected chi connectivity index (χ3v) is 3.47. The summed E-state index contributed by atoms with van der Waals surface area (Å²) in [5, 5.41) is 2.99. The number of nitrogens with two attached hydrogens (primary N) is 1. The summed E-state index contributed by atoms with van der Waals surface area (Å²) >= 11 is 0. The monoisotopic (exact) mass is 350 g/mol. The SMILES string of the molecule is CC(=O)c1ccc(C(=O)NC(C)(C)CCOC(C)C)cc1.CCCN. The first kappa shape index (κ1) is 23.3. The Kier molecular flexibility index (Phi) is 11.0. The van der Waals surface area contributed by atoms with Crippen LogP contribution in [0, 0.1) is 0 Å². The lowest BCUT2D eigenvalue weighted by Gasteiger charge is -2.26. The second kappa shape index (κ2) is 11.8. The van der Waals surface area contributed by atoms with E-state index in [2.05, 4.69) is 12.2 Å². The highest BCUT2D eigenvalue weighted by Crippen LogP contribution is 2.12. The fourth-order valence-corrected chi connectivity index (χ4v) is 1.85. The van der Waals surface area contributed by atoms with Gasteiger partial charge < -0.3 is 15.8 Å². The molecule has 5 nitrogen and oxygen atoms in total. The van der Waals surface area contributed by atoms with Crippen LogP contribution < -0.4 is 11.1 Å². The Labute approximate surface area is 152 Å². The molecule has 0 fully saturated rings. The van der Waals surface area contributed by atoms with Crippen LogP contribution in [0.25, 0.3) is 0 Å². The molecule has 0 aliphatic rings. The van der Waals surface area contributed by atoms with Crippen LogP contribution in [0.5, 0.6) is 0 Å². The van der Waals surface area contributed by atoms with Crippen LogP contribution in [0.2, 0.25) is 0 Å². The number of carbonyl (C=O) groups excluding carboxylic acids is 2. The predicted octanol–water partition coefficient (Wildman–Crippen LogP) is 3.57. The number of hydrogen-bond acceptors (Lipinski definition) is 4. The first-order valence-corrected chi connectivity index (χ1v) is 8.88. The standard InChI is InChI=1S/C17H25NO3.C3H9N/c1-12(2)21-11-10-17(4,5)18-16(20)15-8-6-14(7-9-15)13(3)19;1-2-3-4/h6-9,12H,10-11H2,1-5H3,(H,18,20);2-4H2,1H3. The highest BCUT2D eigenvalue weighted by molar-refractivity contribution is 5.97. The zero-order valence-corrected chi connectivity index (χ0v) is 16.5. The first-order valence-electron chi connectivity index (χ1n) is 8.88. The van der Waals surface area contributed by atoms with Gasteiger partial charge in [-0.3, -0.25) is 9.59 Å². The molecule has 142 valence electrons. The Morgan fingerprint density at radius 3 is 2.04 bits per heavy atom. The maximum atomic E-state index is 12.2. The summed E-state index contributed by atoms with van der Waals surface area (Å²) in [5.41, 5.74) is 5.85. The van der Waals surface area contributed by atoms with Gasteiger partial charge in [0.15, 0.2) is 5.78 Å². The molecule has 0 aliphatic heterocycles. The van der Waals surface area contributed by atoms with Gasteiger partial charge in [-0.15, -0.1) is 0 Å². The Morgan fingerprint density at radius 1 is 1.16 bits per heavy atom. The van der Waals surface area contributed by atoms with Gasteiger partial charge in [-0.05, 0) is 66.1 Å². The van der Waals surface area contributed by atoms with E-state index in [1.165, 1.54) is 6.92 Å². The van der Waals surface area contributed by atoms with Crippen molar-refractivity contribution in [2.75, 3.05) is 13.2 Å². The maximum absolute atomic E-state index is 12.2. The summed E-state index contributed by atoms with van der Waals surface area (Å²) in [6.07, 6.45) is 2.03. The van der Waals surface area contributed by atoms with Crippen molar-refractivity contribution < 1.29 is 14.3 Å². The Hall–Kier alpha value is -1.72. The van der Waals surface area contributed by atoms with E-state index in [1.807, 2.05) is 27.7 Å². The maximum Gasteiger partial charge on any atom is 0.251 e. The molecule has 0 bridgehead atoms. The number of ketones is 1. The Bertz CT molecular complexity index is 520. The highest BCUT2D eigenvalue weighted by Gasteiger charge is 2.21. The van der Waals surface area contributed by atoms with E-state index in [4.69, 9.17) is 10.5 Å². The van der Waals surface area contributed by atoms with E-state index in [0.29, 0.717) is 17.7 Å². The van der Waals surface area contributed by atoms with Crippen LogP contribution in [0.15, 0.2) is 24.3 Å². The quantitative estimate of drug-likeness (QED) is 0.702. The fourth-order valence-electron chi connectivity index (χ4n) is 1.85. The largest absolute Gasteiger partial charge is 0.379 e. The molecular formula is C20H34N2O3. The first-order chi connectivity index (χ1) is 11.6. The summed E-state index contributed by atoms with van der Waals surface area (Å²) in [7, 11) is 0. The third kappa shape index (κ3) is 10.7. The molecule has 0 atom stereocenters. The normalized spacial score (nSPS) is 10.9. The van der Waals surface area contributed by atoms with Crippen LogP contribution in [0.1, 0.15) is 75.1 Å². The molecule has 5 heteroatoms. The molecule has 0 unspecified atom stereocenters. The van der Waals surface area contributed by atoms with Crippen molar-refractivity contribution in [3.05, 3.63) is 35.4 Å². The lowest BCUT2D eigenvalue weighted by molar-refractivity contribution is 0.0614. The van der Waals surface area contributed by atoms with Crippen molar-refractivity contribution in [3.8, 4) is 0 Å². The summed E-state index contributed by atoms with van der Waals surface area (Å²) < 4.78 is 5.52. The number of hydrogen-bond donors (Lipinski definition) is 2. The second-order valence-electron chi connectivity index (χ2n) is 6.93. The van der Waals surface area contributed by atoms with Crippen molar-refractivity contribution in [2.45, 2.75) is 66.0 Å².